The fourth-order valence-corrected chi connectivity index (χ4v) is 3.73. The van der Waals surface area contributed by atoms with Crippen molar-refractivity contribution in [1.29, 1.82) is 0 Å². The highest BCUT2D eigenvalue weighted by Crippen LogP contribution is 2.26. The van der Waals surface area contributed by atoms with E-state index in [0.29, 0.717) is 22.6 Å². The van der Waals surface area contributed by atoms with Gasteiger partial charge >= 0.3 is 12.6 Å². The van der Waals surface area contributed by atoms with E-state index in [1.54, 1.807) is 36.6 Å². The van der Waals surface area contributed by atoms with E-state index in [9.17, 15) is 28.5 Å². The zero-order chi connectivity index (χ0) is 25.2. The van der Waals surface area contributed by atoms with Gasteiger partial charge in [0.25, 0.3) is 5.69 Å². The zero-order valence-electron chi connectivity index (χ0n) is 18.9. The predicted octanol–water partition coefficient (Wildman–Crippen LogP) is 5.34. The van der Waals surface area contributed by atoms with E-state index in [2.05, 4.69) is 4.74 Å². The van der Waals surface area contributed by atoms with Crippen molar-refractivity contribution in [3.05, 3.63) is 86.7 Å². The number of halogens is 2. The van der Waals surface area contributed by atoms with Crippen LogP contribution >= 0.6 is 0 Å². The minimum Gasteiger partial charge on any atom is -0.451 e. The Labute approximate surface area is 193 Å². The number of carbonyl (C=O) groups excluding carboxylic acids is 2. The molecule has 0 saturated carbocycles. The van der Waals surface area contributed by atoms with Gasteiger partial charge in [-0.2, -0.15) is 8.78 Å². The van der Waals surface area contributed by atoms with Gasteiger partial charge in [-0.1, -0.05) is 6.07 Å². The molecule has 1 aromatic heterocycles. The summed E-state index contributed by atoms with van der Waals surface area (Å²) in [6, 6.07) is 11.7. The van der Waals surface area contributed by atoms with Crippen LogP contribution in [-0.2, 0) is 4.74 Å². The lowest BCUT2D eigenvalue weighted by atomic mass is 10.1. The van der Waals surface area contributed by atoms with Gasteiger partial charge in [-0.05, 0) is 64.1 Å². The van der Waals surface area contributed by atoms with Crippen LogP contribution in [0.4, 0.5) is 14.5 Å². The average molecular weight is 472 g/mol. The molecule has 0 bridgehead atoms. The van der Waals surface area contributed by atoms with Gasteiger partial charge < -0.3 is 14.0 Å². The maximum atomic E-state index is 13.1. The first-order valence-electron chi connectivity index (χ1n) is 10.2. The van der Waals surface area contributed by atoms with E-state index >= 15 is 0 Å². The van der Waals surface area contributed by atoms with E-state index in [-0.39, 0.29) is 22.6 Å². The Bertz CT molecular complexity index is 1250. The normalized spacial score (nSPS) is 11.9. The van der Waals surface area contributed by atoms with Crippen LogP contribution < -0.4 is 4.74 Å². The molecule has 0 radical (unpaired) electrons. The highest BCUT2D eigenvalue weighted by molar-refractivity contribution is 6.03. The van der Waals surface area contributed by atoms with Gasteiger partial charge in [0.1, 0.15) is 5.75 Å². The third-order valence-corrected chi connectivity index (χ3v) is 5.39. The summed E-state index contributed by atoms with van der Waals surface area (Å²) in [6.45, 7) is 3.42. The molecule has 1 heterocycles. The van der Waals surface area contributed by atoms with Crippen molar-refractivity contribution >= 4 is 17.4 Å². The van der Waals surface area contributed by atoms with Gasteiger partial charge in [0.2, 0.25) is 5.78 Å². The molecule has 2 aromatic carbocycles. The summed E-state index contributed by atoms with van der Waals surface area (Å²) in [5.41, 5.74) is 2.16. The van der Waals surface area contributed by atoms with E-state index in [0.717, 1.165) is 0 Å². The smallest absolute Gasteiger partial charge is 0.387 e. The number of hydrogen-bond donors (Lipinski definition) is 0. The molecule has 1 unspecified atom stereocenters. The number of rotatable bonds is 8. The number of ketones is 1. The van der Waals surface area contributed by atoms with Crippen molar-refractivity contribution in [1.82, 2.24) is 4.57 Å². The van der Waals surface area contributed by atoms with Crippen molar-refractivity contribution in [3.63, 3.8) is 0 Å². The number of nitrogens with zero attached hydrogens (tertiary/aromatic N) is 2. The number of hydrogen-bond acceptors (Lipinski definition) is 6. The maximum absolute atomic E-state index is 13.1. The minimum absolute atomic E-state index is 0.00503. The third-order valence-electron chi connectivity index (χ3n) is 5.39. The number of benzene rings is 2. The fraction of sp³-hybridized carbons (Fsp3) is 0.250. The first-order valence-corrected chi connectivity index (χ1v) is 10.2. The summed E-state index contributed by atoms with van der Waals surface area (Å²) >= 11 is 0. The second-order valence-electron chi connectivity index (χ2n) is 7.61. The minimum atomic E-state index is -2.93. The van der Waals surface area contributed by atoms with Gasteiger partial charge in [-0.15, -0.1) is 0 Å². The lowest BCUT2D eigenvalue weighted by Crippen LogP contribution is -2.25. The second-order valence-corrected chi connectivity index (χ2v) is 7.61. The van der Waals surface area contributed by atoms with Crippen LogP contribution in [0.2, 0.25) is 0 Å². The Morgan fingerprint density at radius 1 is 1.03 bits per heavy atom. The Hall–Kier alpha value is -4.08. The largest absolute Gasteiger partial charge is 0.451 e. The molecular weight excluding hydrogens is 450 g/mol. The summed E-state index contributed by atoms with van der Waals surface area (Å²) in [5, 5.41) is 11.1. The van der Waals surface area contributed by atoms with Crippen LogP contribution in [0.1, 0.15) is 44.6 Å². The van der Waals surface area contributed by atoms with Crippen LogP contribution in [-0.4, -0.2) is 34.0 Å². The van der Waals surface area contributed by atoms with Crippen LogP contribution in [0.5, 0.6) is 5.75 Å². The van der Waals surface area contributed by atoms with Crippen LogP contribution in [0.25, 0.3) is 5.69 Å². The first-order chi connectivity index (χ1) is 16.0. The Kier molecular flexibility index (Phi) is 7.09. The molecule has 34 heavy (non-hydrogen) atoms. The Balaban J connectivity index is 1.82. The molecule has 0 saturated heterocycles. The fourth-order valence-electron chi connectivity index (χ4n) is 3.73. The van der Waals surface area contributed by atoms with Crippen LogP contribution in [0.3, 0.4) is 0 Å². The SMILES string of the molecule is Cc1c(C(=O)OC(C)C(=O)c2cc(C)n(-c3ccc(OC(F)F)cc3)c2C)cccc1[N+](=O)[O-]. The molecule has 10 heteroatoms. The number of carbonyl (C=O) groups is 2. The van der Waals surface area contributed by atoms with Gasteiger partial charge in [0.05, 0.1) is 10.5 Å². The van der Waals surface area contributed by atoms with Gasteiger partial charge in [-0.25, -0.2) is 4.79 Å². The number of aromatic nitrogens is 1. The van der Waals surface area contributed by atoms with Crippen molar-refractivity contribution in [2.24, 2.45) is 0 Å². The molecular formula is C24H22F2N2O6. The van der Waals surface area contributed by atoms with Crippen molar-refractivity contribution < 1.29 is 32.8 Å². The molecule has 8 nitrogen and oxygen atoms in total. The van der Waals surface area contributed by atoms with E-state index in [4.69, 9.17) is 4.74 Å². The van der Waals surface area contributed by atoms with Gasteiger partial charge in [-0.3, -0.25) is 14.9 Å². The number of esters is 1. The zero-order valence-corrected chi connectivity index (χ0v) is 18.9. The monoisotopic (exact) mass is 472 g/mol. The van der Waals surface area contributed by atoms with Crippen LogP contribution in [0, 0.1) is 30.9 Å². The highest BCUT2D eigenvalue weighted by atomic mass is 19.3. The van der Waals surface area contributed by atoms with Gasteiger partial charge in [0.15, 0.2) is 6.10 Å². The van der Waals surface area contributed by atoms with E-state index in [1.165, 1.54) is 44.2 Å². The van der Waals surface area contributed by atoms with E-state index < -0.39 is 29.4 Å². The van der Waals surface area contributed by atoms with Crippen molar-refractivity contribution in [2.75, 3.05) is 0 Å². The standard InChI is InChI=1S/C24H22F2N2O6/c1-13-12-20(15(3)27(13)17-8-10-18(11-9-17)34-24(25)26)22(29)16(4)33-23(30)19-6-5-7-21(14(19)2)28(31)32/h5-12,16,24H,1-4H3. The molecule has 0 aliphatic rings. The Morgan fingerprint density at radius 3 is 2.26 bits per heavy atom. The van der Waals surface area contributed by atoms with Crippen LogP contribution in [0.15, 0.2) is 48.5 Å². The second kappa shape index (κ2) is 9.82. The average Bonchev–Trinajstić information content (AvgIpc) is 3.07. The number of nitro groups is 1. The molecule has 0 aliphatic heterocycles. The molecule has 178 valence electrons. The van der Waals surface area contributed by atoms with Crippen molar-refractivity contribution in [2.45, 2.75) is 40.4 Å². The van der Waals surface area contributed by atoms with E-state index in [1.807, 2.05) is 0 Å². The number of nitro benzene ring substituents is 1. The highest BCUT2D eigenvalue weighted by Gasteiger charge is 2.26. The summed E-state index contributed by atoms with van der Waals surface area (Å²) in [5.74, 6) is -1.28. The summed E-state index contributed by atoms with van der Waals surface area (Å²) in [7, 11) is 0. The summed E-state index contributed by atoms with van der Waals surface area (Å²) in [6.07, 6.45) is -1.15. The molecule has 1 atom stereocenters. The lowest BCUT2D eigenvalue weighted by Gasteiger charge is -2.14. The number of Topliss-reactive ketones (excluding diaryl/α,β-unsaturated/α-hetero) is 1. The summed E-state index contributed by atoms with van der Waals surface area (Å²) in [4.78, 5) is 36.2. The van der Waals surface area contributed by atoms with Gasteiger partial charge in [0, 0.05) is 34.3 Å². The quantitative estimate of drug-likeness (QED) is 0.190. The Morgan fingerprint density at radius 2 is 1.68 bits per heavy atom. The topological polar surface area (TPSA) is 101 Å². The number of ether oxygens (including phenoxy) is 2. The maximum Gasteiger partial charge on any atom is 0.387 e. The molecule has 0 aliphatic carbocycles. The van der Waals surface area contributed by atoms with Crippen molar-refractivity contribution in [3.8, 4) is 11.4 Å². The number of alkyl halides is 2. The predicted molar refractivity (Wildman–Crippen MR) is 119 cm³/mol. The molecule has 0 spiro atoms. The lowest BCUT2D eigenvalue weighted by molar-refractivity contribution is -0.385. The molecule has 0 amide bonds. The molecule has 3 rings (SSSR count). The first kappa shape index (κ1) is 24.6. The molecule has 3 aromatic rings. The molecule has 0 N–H and O–H groups in total. The summed E-state index contributed by atoms with van der Waals surface area (Å²) < 4.78 is 36.2. The third kappa shape index (κ3) is 4.95. The number of aryl methyl sites for hydroxylation is 1. The molecule has 0 fully saturated rings.